The minimum atomic E-state index is -0.795. The first kappa shape index (κ1) is 13.9. The van der Waals surface area contributed by atoms with Crippen molar-refractivity contribution in [3.05, 3.63) is 29.8 Å². The molecule has 0 fully saturated rings. The number of unbranched alkanes of at least 4 members (excludes halogenated alkanes) is 1. The molecular weight excluding hydrogens is 220 g/mol. The summed E-state index contributed by atoms with van der Waals surface area (Å²) in [5, 5.41) is 3.00. The fraction of sp³-hybridized carbons (Fsp3) is 0.571. The third-order valence-electron chi connectivity index (χ3n) is 3.08. The third-order valence-corrected chi connectivity index (χ3v) is 3.08. The van der Waals surface area contributed by atoms with Gasteiger partial charge < -0.3 is 5.32 Å². The van der Waals surface area contributed by atoms with Crippen molar-refractivity contribution in [1.82, 2.24) is 0 Å². The van der Waals surface area contributed by atoms with Gasteiger partial charge in [0.2, 0.25) is 0 Å². The Morgan fingerprint density at radius 3 is 2.65 bits per heavy atom. The number of rotatable bonds is 7. The summed E-state index contributed by atoms with van der Waals surface area (Å²) in [6.07, 6.45) is 4.55. The van der Waals surface area contributed by atoms with E-state index in [9.17, 15) is 8.78 Å². The quantitative estimate of drug-likeness (QED) is 0.736. The second kappa shape index (κ2) is 7.25. The Labute approximate surface area is 102 Å². The number of halogens is 2. The van der Waals surface area contributed by atoms with Crippen molar-refractivity contribution in [3.8, 4) is 0 Å². The predicted molar refractivity (Wildman–Crippen MR) is 68.2 cm³/mol. The Balaban J connectivity index is 2.50. The second-order valence-corrected chi connectivity index (χ2v) is 4.40. The maximum atomic E-state index is 13.4. The molecule has 1 nitrogen and oxygen atoms in total. The lowest BCUT2D eigenvalue weighted by atomic mass is 9.99. The number of hydrogen-bond donors (Lipinski definition) is 1. The van der Waals surface area contributed by atoms with Crippen LogP contribution in [-0.2, 0) is 0 Å². The summed E-state index contributed by atoms with van der Waals surface area (Å²) in [7, 11) is 0. The largest absolute Gasteiger partial charge is 0.382 e. The lowest BCUT2D eigenvalue weighted by Gasteiger charge is -2.16. The Bertz CT molecular complexity index is 339. The predicted octanol–water partition coefficient (Wildman–Crippen LogP) is 4.59. The first-order chi connectivity index (χ1) is 8.19. The van der Waals surface area contributed by atoms with Crippen molar-refractivity contribution in [1.29, 1.82) is 0 Å². The van der Waals surface area contributed by atoms with E-state index in [1.54, 1.807) is 6.07 Å². The normalized spacial score (nSPS) is 12.5. The molecule has 0 aliphatic heterocycles. The molecule has 0 aliphatic carbocycles. The molecule has 0 spiro atoms. The van der Waals surface area contributed by atoms with Gasteiger partial charge in [0.25, 0.3) is 0 Å². The number of benzene rings is 1. The molecule has 0 bridgehead atoms. The van der Waals surface area contributed by atoms with Crippen LogP contribution in [0, 0.1) is 17.6 Å². The fourth-order valence-corrected chi connectivity index (χ4v) is 1.84. The van der Waals surface area contributed by atoms with Crippen LogP contribution in [0.25, 0.3) is 0 Å². The molecule has 0 heterocycles. The second-order valence-electron chi connectivity index (χ2n) is 4.40. The standard InChI is InChI=1S/C14H21F2N/c1-3-5-7-11(4-2)10-17-13-9-6-8-12(15)14(13)16/h6,8-9,11,17H,3-5,7,10H2,1-2H3. The summed E-state index contributed by atoms with van der Waals surface area (Å²) in [5.41, 5.74) is 0.264. The van der Waals surface area contributed by atoms with Crippen LogP contribution in [0.4, 0.5) is 14.5 Å². The van der Waals surface area contributed by atoms with Crippen LogP contribution in [0.2, 0.25) is 0 Å². The maximum absolute atomic E-state index is 13.4. The molecule has 1 rings (SSSR count). The van der Waals surface area contributed by atoms with Crippen molar-refractivity contribution < 1.29 is 8.78 Å². The molecule has 96 valence electrons. The molecule has 0 saturated heterocycles. The van der Waals surface area contributed by atoms with Gasteiger partial charge in [-0.2, -0.15) is 0 Å². The molecule has 1 atom stereocenters. The number of nitrogens with one attached hydrogen (secondary N) is 1. The SMILES string of the molecule is CCCCC(CC)CNc1cccc(F)c1F. The fourth-order valence-electron chi connectivity index (χ4n) is 1.84. The molecular formula is C14H21F2N. The smallest absolute Gasteiger partial charge is 0.181 e. The molecule has 0 aliphatic rings. The molecule has 0 radical (unpaired) electrons. The van der Waals surface area contributed by atoms with Crippen molar-refractivity contribution in [2.24, 2.45) is 5.92 Å². The van der Waals surface area contributed by atoms with E-state index < -0.39 is 11.6 Å². The van der Waals surface area contributed by atoms with E-state index in [0.29, 0.717) is 12.5 Å². The van der Waals surface area contributed by atoms with Gasteiger partial charge >= 0.3 is 0 Å². The zero-order valence-electron chi connectivity index (χ0n) is 10.6. The molecule has 1 N–H and O–H groups in total. The van der Waals surface area contributed by atoms with Gasteiger partial charge in [-0.3, -0.25) is 0 Å². The molecule has 1 aromatic rings. The number of hydrogen-bond acceptors (Lipinski definition) is 1. The van der Waals surface area contributed by atoms with Crippen molar-refractivity contribution in [2.75, 3.05) is 11.9 Å². The highest BCUT2D eigenvalue weighted by molar-refractivity contribution is 5.44. The molecule has 17 heavy (non-hydrogen) atoms. The van der Waals surface area contributed by atoms with Crippen LogP contribution in [0.15, 0.2) is 18.2 Å². The average molecular weight is 241 g/mol. The van der Waals surface area contributed by atoms with E-state index in [1.807, 2.05) is 0 Å². The third kappa shape index (κ3) is 4.33. The zero-order chi connectivity index (χ0) is 12.7. The highest BCUT2D eigenvalue weighted by Crippen LogP contribution is 2.19. The number of anilines is 1. The van der Waals surface area contributed by atoms with Crippen LogP contribution < -0.4 is 5.32 Å². The topological polar surface area (TPSA) is 12.0 Å². The van der Waals surface area contributed by atoms with E-state index in [2.05, 4.69) is 19.2 Å². The monoisotopic (exact) mass is 241 g/mol. The van der Waals surface area contributed by atoms with Crippen molar-refractivity contribution in [3.63, 3.8) is 0 Å². The summed E-state index contributed by atoms with van der Waals surface area (Å²) in [6, 6.07) is 4.23. The summed E-state index contributed by atoms with van der Waals surface area (Å²) in [4.78, 5) is 0. The minimum Gasteiger partial charge on any atom is -0.382 e. The molecule has 0 amide bonds. The zero-order valence-corrected chi connectivity index (χ0v) is 10.6. The lowest BCUT2D eigenvalue weighted by Crippen LogP contribution is -2.14. The molecule has 0 aromatic heterocycles. The minimum absolute atomic E-state index is 0.264. The van der Waals surface area contributed by atoms with Gasteiger partial charge in [0, 0.05) is 6.54 Å². The van der Waals surface area contributed by atoms with E-state index in [0.717, 1.165) is 18.9 Å². The summed E-state index contributed by atoms with van der Waals surface area (Å²) in [5.74, 6) is -1.05. The van der Waals surface area contributed by atoms with Crippen LogP contribution in [0.5, 0.6) is 0 Å². The Morgan fingerprint density at radius 2 is 2.00 bits per heavy atom. The van der Waals surface area contributed by atoms with Crippen LogP contribution in [0.3, 0.4) is 0 Å². The van der Waals surface area contributed by atoms with Gasteiger partial charge in [0.15, 0.2) is 11.6 Å². The Morgan fingerprint density at radius 1 is 1.24 bits per heavy atom. The first-order valence-electron chi connectivity index (χ1n) is 6.36. The van der Waals surface area contributed by atoms with E-state index in [1.165, 1.54) is 18.9 Å². The summed E-state index contributed by atoms with van der Waals surface area (Å²) >= 11 is 0. The first-order valence-corrected chi connectivity index (χ1v) is 6.36. The van der Waals surface area contributed by atoms with Gasteiger partial charge in [0.05, 0.1) is 5.69 Å². The average Bonchev–Trinajstić information content (AvgIpc) is 2.34. The van der Waals surface area contributed by atoms with E-state index in [-0.39, 0.29) is 5.69 Å². The molecule has 3 heteroatoms. The Kier molecular flexibility index (Phi) is 5.95. The summed E-state index contributed by atoms with van der Waals surface area (Å²) < 4.78 is 26.3. The maximum Gasteiger partial charge on any atom is 0.181 e. The van der Waals surface area contributed by atoms with Crippen LogP contribution in [-0.4, -0.2) is 6.54 Å². The van der Waals surface area contributed by atoms with Gasteiger partial charge in [-0.15, -0.1) is 0 Å². The van der Waals surface area contributed by atoms with Crippen LogP contribution in [0.1, 0.15) is 39.5 Å². The van der Waals surface area contributed by atoms with Gasteiger partial charge in [0.1, 0.15) is 0 Å². The van der Waals surface area contributed by atoms with E-state index in [4.69, 9.17) is 0 Å². The highest BCUT2D eigenvalue weighted by Gasteiger charge is 2.10. The van der Waals surface area contributed by atoms with Gasteiger partial charge in [-0.25, -0.2) is 8.78 Å². The van der Waals surface area contributed by atoms with Gasteiger partial charge in [-0.1, -0.05) is 39.2 Å². The molecule has 1 unspecified atom stereocenters. The van der Waals surface area contributed by atoms with Crippen molar-refractivity contribution >= 4 is 5.69 Å². The lowest BCUT2D eigenvalue weighted by molar-refractivity contribution is 0.469. The molecule has 1 aromatic carbocycles. The van der Waals surface area contributed by atoms with Gasteiger partial charge in [-0.05, 0) is 24.5 Å². The summed E-state index contributed by atoms with van der Waals surface area (Å²) in [6.45, 7) is 4.99. The van der Waals surface area contributed by atoms with Crippen molar-refractivity contribution in [2.45, 2.75) is 39.5 Å². The van der Waals surface area contributed by atoms with Crippen LogP contribution >= 0.6 is 0 Å². The van der Waals surface area contributed by atoms with E-state index >= 15 is 0 Å². The Hall–Kier alpha value is -1.12. The highest BCUT2D eigenvalue weighted by atomic mass is 19.2. The molecule has 0 saturated carbocycles.